The van der Waals surface area contributed by atoms with Crippen LogP contribution < -0.4 is 10.9 Å². The molecule has 0 spiro atoms. The molecule has 0 saturated heterocycles. The van der Waals surface area contributed by atoms with Crippen LogP contribution >= 0.6 is 0 Å². The second-order valence-corrected chi connectivity index (χ2v) is 4.51. The number of carbonyl (C=O) groups excluding carboxylic acids is 2. The smallest absolute Gasteiger partial charge is 0.307 e. The summed E-state index contributed by atoms with van der Waals surface area (Å²) in [6.07, 6.45) is 1.69. The molecule has 0 atom stereocenters. The van der Waals surface area contributed by atoms with Crippen LogP contribution in [0.15, 0.2) is 41.3 Å². The fourth-order valence-electron chi connectivity index (χ4n) is 1.97. The van der Waals surface area contributed by atoms with Crippen LogP contribution in [0.2, 0.25) is 0 Å². The second-order valence-electron chi connectivity index (χ2n) is 4.51. The third-order valence-electron chi connectivity index (χ3n) is 3.08. The number of hydrogen-bond acceptors (Lipinski definition) is 4. The zero-order valence-electron chi connectivity index (χ0n) is 11.7. The third kappa shape index (κ3) is 3.68. The predicted octanol–water partition coefficient (Wildman–Crippen LogP) is 0.681. The van der Waals surface area contributed by atoms with Gasteiger partial charge in [-0.15, -0.1) is 0 Å². The van der Waals surface area contributed by atoms with Crippen molar-refractivity contribution in [1.82, 2.24) is 9.88 Å². The van der Waals surface area contributed by atoms with Gasteiger partial charge >= 0.3 is 5.97 Å². The summed E-state index contributed by atoms with van der Waals surface area (Å²) in [6, 6.07) is 9.00. The van der Waals surface area contributed by atoms with Gasteiger partial charge in [0, 0.05) is 18.1 Å². The summed E-state index contributed by atoms with van der Waals surface area (Å²) in [4.78, 5) is 34.9. The van der Waals surface area contributed by atoms with Crippen molar-refractivity contribution in [2.45, 2.75) is 13.0 Å². The summed E-state index contributed by atoms with van der Waals surface area (Å²) < 4.78 is 5.82. The number of esters is 1. The molecule has 1 aromatic carbocycles. The maximum Gasteiger partial charge on any atom is 0.307 e. The van der Waals surface area contributed by atoms with Crippen molar-refractivity contribution in [2.75, 3.05) is 13.7 Å². The van der Waals surface area contributed by atoms with Crippen LogP contribution in [0.5, 0.6) is 0 Å². The van der Waals surface area contributed by atoms with Crippen LogP contribution in [-0.4, -0.2) is 30.1 Å². The standard InChI is InChI=1S/C15H16N2O4/c1-21-14(19)6-8-16-13(18)10-17-9-7-11-4-2-3-5-12(11)15(17)20/h2-5,7,9H,6,8,10H2,1H3,(H,16,18). The largest absolute Gasteiger partial charge is 0.469 e. The molecule has 0 aliphatic heterocycles. The zero-order valence-corrected chi connectivity index (χ0v) is 11.7. The molecule has 0 unspecified atom stereocenters. The van der Waals surface area contributed by atoms with Gasteiger partial charge in [-0.2, -0.15) is 0 Å². The third-order valence-corrected chi connectivity index (χ3v) is 3.08. The van der Waals surface area contributed by atoms with Gasteiger partial charge in [-0.3, -0.25) is 14.4 Å². The minimum absolute atomic E-state index is 0.0785. The van der Waals surface area contributed by atoms with E-state index in [4.69, 9.17) is 0 Å². The van der Waals surface area contributed by atoms with Crippen LogP contribution in [0, 0.1) is 0 Å². The Labute approximate surface area is 121 Å². The van der Waals surface area contributed by atoms with Gasteiger partial charge in [-0.05, 0) is 17.5 Å². The highest BCUT2D eigenvalue weighted by Crippen LogP contribution is 2.07. The Morgan fingerprint density at radius 1 is 1.24 bits per heavy atom. The van der Waals surface area contributed by atoms with E-state index >= 15 is 0 Å². The maximum atomic E-state index is 12.2. The number of nitrogens with zero attached hydrogens (tertiary/aromatic N) is 1. The molecule has 0 aliphatic carbocycles. The minimum Gasteiger partial charge on any atom is -0.469 e. The predicted molar refractivity (Wildman–Crippen MR) is 77.9 cm³/mol. The lowest BCUT2D eigenvalue weighted by Crippen LogP contribution is -2.33. The summed E-state index contributed by atoms with van der Waals surface area (Å²) in [6.45, 7) is 0.110. The number of benzene rings is 1. The molecule has 21 heavy (non-hydrogen) atoms. The van der Waals surface area contributed by atoms with Gasteiger partial charge in [0.05, 0.1) is 13.5 Å². The Bertz CT molecular complexity index is 721. The van der Waals surface area contributed by atoms with E-state index in [1.54, 1.807) is 24.4 Å². The lowest BCUT2D eigenvalue weighted by Gasteiger charge is -2.08. The SMILES string of the molecule is COC(=O)CCNC(=O)Cn1ccc2ccccc2c1=O. The highest BCUT2D eigenvalue weighted by atomic mass is 16.5. The average Bonchev–Trinajstić information content (AvgIpc) is 2.50. The van der Waals surface area contributed by atoms with Gasteiger partial charge in [0.1, 0.15) is 6.54 Å². The molecule has 1 amide bonds. The van der Waals surface area contributed by atoms with Crippen molar-refractivity contribution in [3.8, 4) is 0 Å². The minimum atomic E-state index is -0.391. The summed E-state index contributed by atoms with van der Waals surface area (Å²) >= 11 is 0. The Morgan fingerprint density at radius 3 is 2.76 bits per heavy atom. The molecule has 110 valence electrons. The van der Waals surface area contributed by atoms with E-state index < -0.39 is 5.97 Å². The summed E-state index contributed by atoms with van der Waals surface area (Å²) in [5.41, 5.74) is -0.212. The van der Waals surface area contributed by atoms with Gasteiger partial charge in [-0.25, -0.2) is 0 Å². The highest BCUT2D eigenvalue weighted by Gasteiger charge is 2.07. The number of carbonyl (C=O) groups is 2. The number of methoxy groups -OCH3 is 1. The number of ether oxygens (including phenoxy) is 1. The Balaban J connectivity index is 2.03. The first kappa shape index (κ1) is 14.8. The van der Waals surface area contributed by atoms with E-state index in [-0.39, 0.29) is 31.0 Å². The van der Waals surface area contributed by atoms with Crippen LogP contribution in [0.3, 0.4) is 0 Å². The number of amides is 1. The molecule has 0 bridgehead atoms. The number of pyridine rings is 1. The molecule has 1 heterocycles. The van der Waals surface area contributed by atoms with Crippen molar-refractivity contribution >= 4 is 22.6 Å². The van der Waals surface area contributed by atoms with Crippen molar-refractivity contribution in [3.05, 3.63) is 46.9 Å². The quantitative estimate of drug-likeness (QED) is 0.821. The first-order valence-electron chi connectivity index (χ1n) is 6.53. The van der Waals surface area contributed by atoms with Crippen molar-refractivity contribution in [1.29, 1.82) is 0 Å². The molecule has 0 aliphatic rings. The molecule has 1 N–H and O–H groups in total. The van der Waals surface area contributed by atoms with Crippen molar-refractivity contribution in [3.63, 3.8) is 0 Å². The van der Waals surface area contributed by atoms with Gasteiger partial charge in [0.15, 0.2) is 0 Å². The number of fused-ring (bicyclic) bond motifs is 1. The second kappa shape index (κ2) is 6.69. The van der Waals surface area contributed by atoms with Crippen LogP contribution in [0.4, 0.5) is 0 Å². The molecule has 1 aromatic heterocycles. The number of hydrogen-bond donors (Lipinski definition) is 1. The first-order chi connectivity index (χ1) is 10.1. The van der Waals surface area contributed by atoms with Crippen LogP contribution in [-0.2, 0) is 20.9 Å². The topological polar surface area (TPSA) is 77.4 Å². The Hall–Kier alpha value is -2.63. The fraction of sp³-hybridized carbons (Fsp3) is 0.267. The maximum absolute atomic E-state index is 12.2. The first-order valence-corrected chi connectivity index (χ1v) is 6.53. The number of nitrogens with one attached hydrogen (secondary N) is 1. The van der Waals surface area contributed by atoms with E-state index in [1.165, 1.54) is 11.7 Å². The van der Waals surface area contributed by atoms with Gasteiger partial charge < -0.3 is 14.6 Å². The molecule has 6 nitrogen and oxygen atoms in total. The lowest BCUT2D eigenvalue weighted by atomic mass is 10.2. The molecule has 2 rings (SSSR count). The Kier molecular flexibility index (Phi) is 4.71. The lowest BCUT2D eigenvalue weighted by molar-refractivity contribution is -0.140. The Morgan fingerprint density at radius 2 is 2.00 bits per heavy atom. The van der Waals surface area contributed by atoms with Crippen molar-refractivity contribution in [2.24, 2.45) is 0 Å². The van der Waals surface area contributed by atoms with E-state index in [0.29, 0.717) is 5.39 Å². The molecule has 2 aromatic rings. The number of aromatic nitrogens is 1. The number of rotatable bonds is 5. The highest BCUT2D eigenvalue weighted by molar-refractivity contribution is 5.82. The van der Waals surface area contributed by atoms with E-state index in [1.807, 2.05) is 12.1 Å². The van der Waals surface area contributed by atoms with Gasteiger partial charge in [-0.1, -0.05) is 18.2 Å². The molecular formula is C15H16N2O4. The van der Waals surface area contributed by atoms with E-state index in [2.05, 4.69) is 10.1 Å². The molecule has 0 fully saturated rings. The van der Waals surface area contributed by atoms with Crippen LogP contribution in [0.25, 0.3) is 10.8 Å². The van der Waals surface area contributed by atoms with Gasteiger partial charge in [0.25, 0.3) is 5.56 Å². The molecule has 6 heteroatoms. The average molecular weight is 288 g/mol. The van der Waals surface area contributed by atoms with Gasteiger partial charge in [0.2, 0.25) is 5.91 Å². The summed E-state index contributed by atoms with van der Waals surface area (Å²) in [7, 11) is 1.29. The van der Waals surface area contributed by atoms with Crippen molar-refractivity contribution < 1.29 is 14.3 Å². The molecular weight excluding hydrogens is 272 g/mol. The monoisotopic (exact) mass is 288 g/mol. The van der Waals surface area contributed by atoms with E-state index in [9.17, 15) is 14.4 Å². The summed E-state index contributed by atoms with van der Waals surface area (Å²) in [5, 5.41) is 3.98. The molecule has 0 radical (unpaired) electrons. The summed E-state index contributed by atoms with van der Waals surface area (Å²) in [5.74, 6) is -0.713. The fourth-order valence-corrected chi connectivity index (χ4v) is 1.97. The normalized spacial score (nSPS) is 10.3. The molecule has 0 saturated carbocycles. The zero-order chi connectivity index (χ0) is 15.2. The van der Waals surface area contributed by atoms with Crippen LogP contribution in [0.1, 0.15) is 6.42 Å². The van der Waals surface area contributed by atoms with E-state index in [0.717, 1.165) is 5.39 Å².